The number of aliphatic hydroxyl groups excluding tert-OH is 1. The lowest BCUT2D eigenvalue weighted by Gasteiger charge is -2.27. The van der Waals surface area contributed by atoms with Gasteiger partial charge in [0.05, 0.1) is 12.7 Å². The van der Waals surface area contributed by atoms with E-state index in [9.17, 15) is 24.9 Å². The Bertz CT molecular complexity index is 954. The Morgan fingerprint density at radius 3 is 2.56 bits per heavy atom. The molecule has 2 heterocycles. The zero-order valence-corrected chi connectivity index (χ0v) is 13.3. The highest BCUT2D eigenvalue weighted by Crippen LogP contribution is 2.53. The minimum atomic E-state index is -1.66. The third-order valence-corrected chi connectivity index (χ3v) is 3.80. The van der Waals surface area contributed by atoms with Crippen LogP contribution in [0.5, 0.6) is 23.0 Å². The Balaban J connectivity index is 2.45. The van der Waals surface area contributed by atoms with Crippen LogP contribution in [-0.4, -0.2) is 28.7 Å². The zero-order valence-electron chi connectivity index (χ0n) is 13.3. The molecule has 3 rings (SSSR count). The van der Waals surface area contributed by atoms with Crippen molar-refractivity contribution < 1.29 is 34.0 Å². The highest BCUT2D eigenvalue weighted by Gasteiger charge is 2.37. The van der Waals surface area contributed by atoms with Crippen molar-refractivity contribution in [1.82, 2.24) is 0 Å². The van der Waals surface area contributed by atoms with Crippen LogP contribution in [0.4, 0.5) is 0 Å². The third-order valence-electron chi connectivity index (χ3n) is 3.80. The molecule has 0 aliphatic carbocycles. The van der Waals surface area contributed by atoms with E-state index in [-0.39, 0.29) is 39.5 Å². The van der Waals surface area contributed by atoms with Crippen LogP contribution in [0.3, 0.4) is 0 Å². The van der Waals surface area contributed by atoms with E-state index in [1.165, 1.54) is 19.3 Å². The smallest absolute Gasteiger partial charge is 0.348 e. The van der Waals surface area contributed by atoms with Gasteiger partial charge in [0.25, 0.3) is 0 Å². The van der Waals surface area contributed by atoms with Crippen molar-refractivity contribution in [3.8, 4) is 34.1 Å². The van der Waals surface area contributed by atoms with Crippen LogP contribution < -0.4 is 15.1 Å². The Labute approximate surface area is 141 Å². The number of hydrogen-bond donors (Lipinski definition) is 3. The highest BCUT2D eigenvalue weighted by atomic mass is 16.6. The van der Waals surface area contributed by atoms with E-state index in [1.54, 1.807) is 13.0 Å². The normalized spacial score (nSPS) is 15.4. The highest BCUT2D eigenvalue weighted by molar-refractivity contribution is 5.94. The maximum atomic E-state index is 12.4. The van der Waals surface area contributed by atoms with Gasteiger partial charge in [-0.25, -0.2) is 4.79 Å². The summed E-state index contributed by atoms with van der Waals surface area (Å²) in [5.74, 6) is -1.68. The van der Waals surface area contributed by atoms with Gasteiger partial charge in [0.15, 0.2) is 17.8 Å². The van der Waals surface area contributed by atoms with Crippen molar-refractivity contribution in [2.45, 2.75) is 13.2 Å². The number of allylic oxidation sites excluding steroid dienone is 1. The Hall–Kier alpha value is -3.26. The van der Waals surface area contributed by atoms with E-state index >= 15 is 0 Å². The van der Waals surface area contributed by atoms with Crippen molar-refractivity contribution in [2.24, 2.45) is 0 Å². The van der Waals surface area contributed by atoms with Gasteiger partial charge in [-0.1, -0.05) is 6.08 Å². The zero-order chi connectivity index (χ0) is 18.3. The van der Waals surface area contributed by atoms with Crippen molar-refractivity contribution >= 4 is 12.4 Å². The molecule has 1 atom stereocenters. The quantitative estimate of drug-likeness (QED) is 0.568. The first-order chi connectivity index (χ1) is 11.9. The number of benzene rings is 1. The predicted octanol–water partition coefficient (Wildman–Crippen LogP) is 1.96. The van der Waals surface area contributed by atoms with E-state index in [4.69, 9.17) is 13.9 Å². The molecule has 0 fully saturated rings. The second-order valence-electron chi connectivity index (χ2n) is 5.20. The Kier molecular flexibility index (Phi) is 3.97. The van der Waals surface area contributed by atoms with Gasteiger partial charge in [0, 0.05) is 17.2 Å². The summed E-state index contributed by atoms with van der Waals surface area (Å²) in [5, 5.41) is 30.7. The largest absolute Gasteiger partial charge is 0.504 e. The summed E-state index contributed by atoms with van der Waals surface area (Å²) in [6, 6.07) is 1.35. The molecule has 3 N–H and O–H groups in total. The topological polar surface area (TPSA) is 126 Å². The number of aliphatic hydroxyl groups is 1. The lowest BCUT2D eigenvalue weighted by molar-refractivity contribution is -0.0226. The average Bonchev–Trinajstić information content (AvgIpc) is 2.57. The van der Waals surface area contributed by atoms with Gasteiger partial charge in [0.2, 0.25) is 12.0 Å². The van der Waals surface area contributed by atoms with Gasteiger partial charge in [-0.2, -0.15) is 0 Å². The fourth-order valence-electron chi connectivity index (χ4n) is 2.80. The molecule has 1 aliphatic rings. The van der Waals surface area contributed by atoms with Crippen molar-refractivity contribution in [2.75, 3.05) is 7.11 Å². The number of aldehydes is 1. The van der Waals surface area contributed by atoms with Gasteiger partial charge >= 0.3 is 5.63 Å². The molecular weight excluding hydrogens is 332 g/mol. The molecule has 0 spiro atoms. The molecular formula is C17H14O8. The Morgan fingerprint density at radius 2 is 1.96 bits per heavy atom. The van der Waals surface area contributed by atoms with E-state index in [0.717, 1.165) is 0 Å². The summed E-state index contributed by atoms with van der Waals surface area (Å²) in [6.07, 6.45) is 1.80. The number of methoxy groups -OCH3 is 1. The first-order valence-electron chi connectivity index (χ1n) is 7.21. The lowest BCUT2D eigenvalue weighted by atomic mass is 9.91. The molecule has 1 aliphatic heterocycles. The van der Waals surface area contributed by atoms with Crippen molar-refractivity contribution in [3.05, 3.63) is 39.4 Å². The predicted molar refractivity (Wildman–Crippen MR) is 86.0 cm³/mol. The van der Waals surface area contributed by atoms with Crippen LogP contribution in [0.1, 0.15) is 34.9 Å². The standard InChI is InChI=1S/C17H14O8/c1-3-4-7-5-9-11(17(22)24-7)12-10(16(21)25-9)8(6-18)15(23-2)14(20)13(12)19/h3-6,16,19-21H,1-2H3/b4-3+/t16-/m1/s1. The fourth-order valence-corrected chi connectivity index (χ4v) is 2.80. The summed E-state index contributed by atoms with van der Waals surface area (Å²) < 4.78 is 15.3. The number of phenolic OH excluding ortho intramolecular Hbond substituents is 2. The number of carbonyl (C=O) groups is 1. The minimum Gasteiger partial charge on any atom is -0.504 e. The Morgan fingerprint density at radius 1 is 1.24 bits per heavy atom. The van der Waals surface area contributed by atoms with Crippen LogP contribution >= 0.6 is 0 Å². The van der Waals surface area contributed by atoms with Gasteiger partial charge < -0.3 is 29.2 Å². The molecule has 25 heavy (non-hydrogen) atoms. The van der Waals surface area contributed by atoms with Gasteiger partial charge in [-0.15, -0.1) is 0 Å². The number of ether oxygens (including phenoxy) is 2. The SMILES string of the molecule is C/C=C/c1cc2c(c(=O)o1)-c1c(O)c(O)c(OC)c(C=O)c1[C@H](O)O2. The number of fused-ring (bicyclic) bond motifs is 3. The molecule has 1 aromatic carbocycles. The monoisotopic (exact) mass is 346 g/mol. The minimum absolute atomic E-state index is 0.0546. The second kappa shape index (κ2) is 5.99. The van der Waals surface area contributed by atoms with E-state index < -0.39 is 23.4 Å². The number of carbonyl (C=O) groups excluding carboxylic acids is 1. The number of hydrogen-bond acceptors (Lipinski definition) is 8. The molecule has 8 nitrogen and oxygen atoms in total. The third kappa shape index (κ3) is 2.34. The molecule has 0 radical (unpaired) electrons. The van der Waals surface area contributed by atoms with E-state index in [1.807, 2.05) is 0 Å². The van der Waals surface area contributed by atoms with Crippen LogP contribution in [0.15, 0.2) is 21.4 Å². The summed E-state index contributed by atoms with van der Waals surface area (Å²) >= 11 is 0. The maximum Gasteiger partial charge on any atom is 0.348 e. The van der Waals surface area contributed by atoms with Gasteiger partial charge in [-0.3, -0.25) is 4.79 Å². The summed E-state index contributed by atoms with van der Waals surface area (Å²) in [6.45, 7) is 1.72. The van der Waals surface area contributed by atoms with Crippen molar-refractivity contribution in [3.63, 3.8) is 0 Å². The number of aromatic hydroxyl groups is 2. The van der Waals surface area contributed by atoms with Crippen LogP contribution in [0.25, 0.3) is 17.2 Å². The lowest BCUT2D eigenvalue weighted by Crippen LogP contribution is -2.21. The molecule has 0 unspecified atom stereocenters. The number of rotatable bonds is 3. The maximum absolute atomic E-state index is 12.4. The molecule has 0 amide bonds. The molecule has 2 aromatic rings. The van der Waals surface area contributed by atoms with Gasteiger partial charge in [0.1, 0.15) is 17.1 Å². The molecule has 1 aromatic heterocycles. The van der Waals surface area contributed by atoms with Crippen LogP contribution in [0.2, 0.25) is 0 Å². The number of phenols is 2. The fraction of sp³-hybridized carbons (Fsp3) is 0.176. The summed E-state index contributed by atoms with van der Waals surface area (Å²) in [4.78, 5) is 23.8. The first-order valence-corrected chi connectivity index (χ1v) is 7.21. The molecule has 130 valence electrons. The van der Waals surface area contributed by atoms with Crippen LogP contribution in [0, 0.1) is 0 Å². The summed E-state index contributed by atoms with van der Waals surface area (Å²) in [7, 11) is 1.18. The first kappa shape index (κ1) is 16.6. The van der Waals surface area contributed by atoms with E-state index in [0.29, 0.717) is 6.29 Å². The summed E-state index contributed by atoms with van der Waals surface area (Å²) in [5.41, 5.74) is -1.76. The molecule has 0 saturated carbocycles. The molecule has 8 heteroatoms. The second-order valence-corrected chi connectivity index (χ2v) is 5.20. The van der Waals surface area contributed by atoms with Gasteiger partial charge in [-0.05, 0) is 13.0 Å². The average molecular weight is 346 g/mol. The van der Waals surface area contributed by atoms with Crippen LogP contribution in [-0.2, 0) is 0 Å². The van der Waals surface area contributed by atoms with E-state index in [2.05, 4.69) is 0 Å². The molecule has 0 saturated heterocycles. The molecule has 0 bridgehead atoms. The van der Waals surface area contributed by atoms with Crippen molar-refractivity contribution in [1.29, 1.82) is 0 Å².